The first kappa shape index (κ1) is 99.8. The molecule has 0 amide bonds. The first-order chi connectivity index (χ1) is 34.7. The molecule has 0 bridgehead atoms. The van der Waals surface area contributed by atoms with E-state index in [2.05, 4.69) is 27.7 Å². The molecule has 13 nitrogen and oxygen atoms in total. The van der Waals surface area contributed by atoms with Gasteiger partial charge >= 0.3 is 0 Å². The Morgan fingerprint density at radius 2 is 0.587 bits per heavy atom. The molecule has 0 saturated heterocycles. The minimum absolute atomic E-state index is 0.0972. The number of aliphatic hydroxyl groups is 13. The summed E-state index contributed by atoms with van der Waals surface area (Å²) in [6, 6.07) is 0. The first-order valence-corrected chi connectivity index (χ1v) is 29.8. The van der Waals surface area contributed by atoms with Gasteiger partial charge in [0.25, 0.3) is 0 Å². The van der Waals surface area contributed by atoms with E-state index in [1.54, 1.807) is 13.8 Å². The smallest absolute Gasteiger partial charge is 0.0509 e. The summed E-state index contributed by atoms with van der Waals surface area (Å²) in [6.45, 7) is 47.3. The van der Waals surface area contributed by atoms with E-state index in [0.29, 0.717) is 82.6 Å². The number of unbranched alkanes of at least 4 members (excludes halogenated alkanes) is 4. The van der Waals surface area contributed by atoms with Crippen molar-refractivity contribution in [2.45, 2.75) is 293 Å². The van der Waals surface area contributed by atoms with Crippen LogP contribution in [0.25, 0.3) is 0 Å². The summed E-state index contributed by atoms with van der Waals surface area (Å²) in [5.41, 5.74) is 0.762. The number of hydrogen-bond donors (Lipinski definition) is 13. The van der Waals surface area contributed by atoms with Crippen LogP contribution < -0.4 is 0 Å². The third kappa shape index (κ3) is 147. The van der Waals surface area contributed by atoms with Gasteiger partial charge in [-0.25, -0.2) is 0 Å². The predicted molar refractivity (Wildman–Crippen MR) is 327 cm³/mol. The van der Waals surface area contributed by atoms with E-state index in [-0.39, 0.29) is 41.7 Å². The van der Waals surface area contributed by atoms with Crippen molar-refractivity contribution in [3.63, 3.8) is 0 Å². The molecule has 2 fully saturated rings. The van der Waals surface area contributed by atoms with E-state index in [1.165, 1.54) is 83.5 Å². The highest BCUT2D eigenvalue weighted by molar-refractivity contribution is 4.79. The van der Waals surface area contributed by atoms with Gasteiger partial charge in [0.2, 0.25) is 0 Å². The summed E-state index contributed by atoms with van der Waals surface area (Å²) in [7, 11) is 0. The van der Waals surface area contributed by atoms with Gasteiger partial charge in [-0.15, -0.1) is 0 Å². The van der Waals surface area contributed by atoms with E-state index >= 15 is 0 Å². The van der Waals surface area contributed by atoms with Crippen LogP contribution in [-0.2, 0) is 0 Å². The monoisotopic (exact) mass is 1100 g/mol. The van der Waals surface area contributed by atoms with Gasteiger partial charge in [-0.1, -0.05) is 203 Å². The van der Waals surface area contributed by atoms with E-state index in [0.717, 1.165) is 44.9 Å². The van der Waals surface area contributed by atoms with Crippen molar-refractivity contribution < 1.29 is 66.4 Å². The van der Waals surface area contributed by atoms with Crippen molar-refractivity contribution in [3.8, 4) is 0 Å². The quantitative estimate of drug-likeness (QED) is 0.0642. The molecule has 2 saturated carbocycles. The summed E-state index contributed by atoms with van der Waals surface area (Å²) < 4.78 is 0. The summed E-state index contributed by atoms with van der Waals surface area (Å²) in [5.74, 6) is 1.37. The lowest BCUT2D eigenvalue weighted by atomic mass is 9.76. The van der Waals surface area contributed by atoms with Crippen molar-refractivity contribution in [1.82, 2.24) is 0 Å². The van der Waals surface area contributed by atoms with Crippen LogP contribution in [-0.4, -0.2) is 151 Å². The molecule has 75 heavy (non-hydrogen) atoms. The Bertz CT molecular complexity index is 793. The molecule has 0 aromatic carbocycles. The van der Waals surface area contributed by atoms with Gasteiger partial charge in [0.15, 0.2) is 0 Å². The van der Waals surface area contributed by atoms with Gasteiger partial charge < -0.3 is 66.4 Å². The maximum Gasteiger partial charge on any atom is 0.0509 e. The van der Waals surface area contributed by atoms with Gasteiger partial charge in [-0.3, -0.25) is 0 Å². The van der Waals surface area contributed by atoms with E-state index in [1.807, 2.05) is 111 Å². The van der Waals surface area contributed by atoms with Crippen LogP contribution in [0.2, 0.25) is 0 Å². The van der Waals surface area contributed by atoms with Crippen LogP contribution in [0.4, 0.5) is 0 Å². The molecule has 3 unspecified atom stereocenters. The third-order valence-electron chi connectivity index (χ3n) is 10.4. The topological polar surface area (TPSA) is 263 Å². The predicted octanol–water partition coefficient (Wildman–Crippen LogP) is 12.5. The molecule has 0 radical (unpaired) electrons. The molecule has 0 spiro atoms. The Hall–Kier alpha value is -0.520. The van der Waals surface area contributed by atoms with Crippen LogP contribution in [0.1, 0.15) is 281 Å². The molecule has 2 rings (SSSR count). The zero-order chi connectivity index (χ0) is 61.8. The SMILES string of the molecule is CC(C)(C)CO.CC(C)(C)CO.CC(C)CO.CC(C)CO.CC1(CO)CCCC1.CC1(CO)CCCCC1.CCC(C)CO.CCC(C)O.CCC(C)O.CCCCCCCO.CCCO.CCCO.CCCO. The van der Waals surface area contributed by atoms with E-state index < -0.39 is 0 Å². The van der Waals surface area contributed by atoms with Gasteiger partial charge in [0, 0.05) is 72.7 Å². The molecular weight excluding hydrogens is 953 g/mol. The first-order valence-electron chi connectivity index (χ1n) is 29.8. The summed E-state index contributed by atoms with van der Waals surface area (Å²) in [4.78, 5) is 0. The van der Waals surface area contributed by atoms with Gasteiger partial charge in [0.05, 0.1) is 12.2 Å². The van der Waals surface area contributed by atoms with Crippen molar-refractivity contribution in [1.29, 1.82) is 0 Å². The summed E-state index contributed by atoms with van der Waals surface area (Å²) >= 11 is 0. The van der Waals surface area contributed by atoms with Crippen molar-refractivity contribution in [2.75, 3.05) is 72.7 Å². The largest absolute Gasteiger partial charge is 0.396 e. The Morgan fingerprint density at radius 3 is 0.693 bits per heavy atom. The molecule has 0 aromatic rings. The number of hydrogen-bond acceptors (Lipinski definition) is 13. The minimum Gasteiger partial charge on any atom is -0.396 e. The maximum atomic E-state index is 8.95. The zero-order valence-corrected chi connectivity index (χ0v) is 54.6. The van der Waals surface area contributed by atoms with E-state index in [9.17, 15) is 0 Å². The average Bonchev–Trinajstić information content (AvgIpc) is 3.85. The molecule has 13 N–H and O–H groups in total. The van der Waals surface area contributed by atoms with Crippen LogP contribution in [0.15, 0.2) is 0 Å². The lowest BCUT2D eigenvalue weighted by Crippen LogP contribution is -2.23. The second-order valence-corrected chi connectivity index (χ2v) is 23.8. The highest BCUT2D eigenvalue weighted by atomic mass is 16.3. The molecule has 0 heterocycles. The molecule has 2 aliphatic carbocycles. The third-order valence-corrected chi connectivity index (χ3v) is 10.4. The van der Waals surface area contributed by atoms with Crippen molar-refractivity contribution >= 4 is 0 Å². The molecule has 472 valence electrons. The fourth-order valence-corrected chi connectivity index (χ4v) is 3.79. The molecule has 0 aromatic heterocycles. The Labute approximate surface area is 469 Å². The average molecular weight is 1100 g/mol. The van der Waals surface area contributed by atoms with E-state index in [4.69, 9.17) is 66.4 Å². The zero-order valence-electron chi connectivity index (χ0n) is 54.6. The van der Waals surface area contributed by atoms with Crippen LogP contribution in [0.5, 0.6) is 0 Å². The molecular formula is C62H146O13. The molecule has 3 atom stereocenters. The van der Waals surface area contributed by atoms with Crippen molar-refractivity contribution in [3.05, 3.63) is 0 Å². The Balaban J connectivity index is -0.0000000663. The second-order valence-electron chi connectivity index (χ2n) is 23.8. The van der Waals surface area contributed by atoms with Crippen LogP contribution in [0.3, 0.4) is 0 Å². The van der Waals surface area contributed by atoms with Gasteiger partial charge in [-0.2, -0.15) is 0 Å². The highest BCUT2D eigenvalue weighted by Gasteiger charge is 2.27. The Kier molecular flexibility index (Phi) is 106. The van der Waals surface area contributed by atoms with Gasteiger partial charge in [-0.05, 0) is 117 Å². The molecule has 2 aliphatic rings. The van der Waals surface area contributed by atoms with Gasteiger partial charge in [0.1, 0.15) is 0 Å². The fraction of sp³-hybridized carbons (Fsp3) is 1.00. The van der Waals surface area contributed by atoms with Crippen LogP contribution in [0, 0.1) is 39.4 Å². The van der Waals surface area contributed by atoms with Crippen LogP contribution >= 0.6 is 0 Å². The maximum absolute atomic E-state index is 8.95. The molecule has 0 aliphatic heterocycles. The number of rotatable bonds is 16. The Morgan fingerprint density at radius 1 is 0.360 bits per heavy atom. The minimum atomic E-state index is -0.116. The van der Waals surface area contributed by atoms with Crippen molar-refractivity contribution in [2.24, 2.45) is 39.4 Å². The fourth-order valence-electron chi connectivity index (χ4n) is 3.79. The lowest BCUT2D eigenvalue weighted by molar-refractivity contribution is 0.100. The molecule has 13 heteroatoms. The normalized spacial score (nSPS) is 14.5. The lowest BCUT2D eigenvalue weighted by Gasteiger charge is -2.31. The summed E-state index contributed by atoms with van der Waals surface area (Å²) in [6.07, 6.45) is 22.8. The summed E-state index contributed by atoms with van der Waals surface area (Å²) in [5, 5.41) is 108. The number of aliphatic hydroxyl groups excluding tert-OH is 13. The highest BCUT2D eigenvalue weighted by Crippen LogP contribution is 2.36. The second kappa shape index (κ2) is 80.0. The standard InChI is InChI=1S/C8H16O.C7H14O.C7H16O.3C5H12O.4C4H10O.3C3H8O/c1-8(7-9)5-3-2-4-6-8;1-7(6-8)4-2-3-5-7;1-2-3-4-5-6-7-8;2*1-5(2,3)4-6;1-3-5(2)4-6;2*1-4(2)3-5;2*1-3-4(2)5;3*1-2-3-4/h9H,2-7H2,1H3;8H,2-6H2,1H3;8H,2-7H2,1H3;2*6H,4H2,1-3H3;5-6H,3-4H2,1-2H3;4*4-5H,3H2,1-2H3;3*4H,2-3H2,1H3.